The molecule has 0 bridgehead atoms. The minimum absolute atomic E-state index is 0. The summed E-state index contributed by atoms with van der Waals surface area (Å²) in [4.78, 5) is 20.6. The van der Waals surface area contributed by atoms with E-state index >= 15 is 0 Å². The normalized spacial score (nSPS) is 15.7. The SMILES string of the molecule is CCc1cc(CNC(=NC)N2CCN(CC(=O)NC(C)C)CC2)on1.I. The van der Waals surface area contributed by atoms with Crippen LogP contribution in [-0.4, -0.2) is 72.6 Å². The summed E-state index contributed by atoms with van der Waals surface area (Å²) in [6.45, 7) is 10.4. The Hall–Kier alpha value is -1.36. The molecule has 1 aliphatic rings. The molecule has 1 aliphatic heterocycles. The first kappa shape index (κ1) is 22.7. The topological polar surface area (TPSA) is 86.0 Å². The summed E-state index contributed by atoms with van der Waals surface area (Å²) in [5.74, 6) is 1.74. The number of amides is 1. The molecule has 1 aromatic heterocycles. The smallest absolute Gasteiger partial charge is 0.234 e. The average molecular weight is 478 g/mol. The van der Waals surface area contributed by atoms with Crippen LogP contribution in [-0.2, 0) is 17.8 Å². The molecule has 148 valence electrons. The van der Waals surface area contributed by atoms with Gasteiger partial charge < -0.3 is 20.1 Å². The van der Waals surface area contributed by atoms with Gasteiger partial charge in [-0.05, 0) is 20.3 Å². The quantitative estimate of drug-likeness (QED) is 0.362. The molecular formula is C17H31IN6O2. The van der Waals surface area contributed by atoms with Crippen LogP contribution in [0.15, 0.2) is 15.6 Å². The maximum atomic E-state index is 11.9. The van der Waals surface area contributed by atoms with Gasteiger partial charge in [0.15, 0.2) is 11.7 Å². The number of nitrogens with one attached hydrogen (secondary N) is 2. The lowest BCUT2D eigenvalue weighted by Gasteiger charge is -2.36. The number of hydrogen-bond acceptors (Lipinski definition) is 5. The molecule has 0 aromatic carbocycles. The number of nitrogens with zero attached hydrogens (tertiary/aromatic N) is 4. The van der Waals surface area contributed by atoms with E-state index in [2.05, 4.69) is 37.5 Å². The van der Waals surface area contributed by atoms with Crippen molar-refractivity contribution in [2.24, 2.45) is 4.99 Å². The molecule has 0 aliphatic carbocycles. The lowest BCUT2D eigenvalue weighted by atomic mass is 10.3. The fraction of sp³-hybridized carbons (Fsp3) is 0.706. The van der Waals surface area contributed by atoms with Crippen LogP contribution < -0.4 is 10.6 Å². The molecule has 0 saturated carbocycles. The molecular weight excluding hydrogens is 447 g/mol. The van der Waals surface area contributed by atoms with Crippen molar-refractivity contribution in [1.82, 2.24) is 25.6 Å². The van der Waals surface area contributed by atoms with Gasteiger partial charge in [0.05, 0.1) is 18.8 Å². The molecule has 8 nitrogen and oxygen atoms in total. The molecule has 0 atom stereocenters. The zero-order valence-electron chi connectivity index (χ0n) is 16.1. The number of piperazine rings is 1. The second kappa shape index (κ2) is 11.4. The van der Waals surface area contributed by atoms with E-state index < -0.39 is 0 Å². The number of aromatic nitrogens is 1. The Bertz CT molecular complexity index is 582. The van der Waals surface area contributed by atoms with Gasteiger partial charge >= 0.3 is 0 Å². The van der Waals surface area contributed by atoms with Crippen LogP contribution in [0.1, 0.15) is 32.2 Å². The predicted molar refractivity (Wildman–Crippen MR) is 113 cm³/mol. The molecule has 1 saturated heterocycles. The molecule has 9 heteroatoms. The van der Waals surface area contributed by atoms with Gasteiger partial charge in [0, 0.05) is 45.3 Å². The van der Waals surface area contributed by atoms with Crippen molar-refractivity contribution in [3.8, 4) is 0 Å². The Morgan fingerprint density at radius 2 is 2.04 bits per heavy atom. The van der Waals surface area contributed by atoms with E-state index in [0.29, 0.717) is 13.1 Å². The molecule has 1 fully saturated rings. The number of aliphatic imine (C=N–C) groups is 1. The second-order valence-corrected chi connectivity index (χ2v) is 6.52. The number of rotatable bonds is 6. The minimum atomic E-state index is 0. The number of carbonyl (C=O) groups is 1. The van der Waals surface area contributed by atoms with Crippen molar-refractivity contribution in [3.63, 3.8) is 0 Å². The fourth-order valence-electron chi connectivity index (χ4n) is 2.79. The first-order valence-electron chi connectivity index (χ1n) is 8.93. The van der Waals surface area contributed by atoms with Crippen LogP contribution in [0.25, 0.3) is 0 Å². The summed E-state index contributed by atoms with van der Waals surface area (Å²) >= 11 is 0. The van der Waals surface area contributed by atoms with Gasteiger partial charge in [-0.1, -0.05) is 12.1 Å². The van der Waals surface area contributed by atoms with Gasteiger partial charge in [-0.15, -0.1) is 24.0 Å². The third kappa shape index (κ3) is 7.10. The molecule has 0 spiro atoms. The van der Waals surface area contributed by atoms with Gasteiger partial charge in [0.25, 0.3) is 0 Å². The highest BCUT2D eigenvalue weighted by Gasteiger charge is 2.21. The summed E-state index contributed by atoms with van der Waals surface area (Å²) in [6.07, 6.45) is 0.866. The van der Waals surface area contributed by atoms with E-state index in [1.165, 1.54) is 0 Å². The molecule has 1 aromatic rings. The number of aryl methyl sites for hydroxylation is 1. The summed E-state index contributed by atoms with van der Waals surface area (Å²) in [6, 6.07) is 2.15. The first-order valence-corrected chi connectivity index (χ1v) is 8.93. The maximum Gasteiger partial charge on any atom is 0.234 e. The van der Waals surface area contributed by atoms with E-state index in [1.807, 2.05) is 19.9 Å². The van der Waals surface area contributed by atoms with E-state index in [4.69, 9.17) is 4.52 Å². The Kier molecular flexibility index (Phi) is 9.92. The number of hydrogen-bond donors (Lipinski definition) is 2. The van der Waals surface area contributed by atoms with Gasteiger partial charge in [-0.2, -0.15) is 0 Å². The standard InChI is InChI=1S/C17H30N6O2.HI/c1-5-14-10-15(25-21-14)11-19-17(18-4)23-8-6-22(7-9-23)12-16(24)20-13(2)3;/h10,13H,5-9,11-12H2,1-4H3,(H,18,19)(H,20,24);1H. The molecule has 2 rings (SSSR count). The van der Waals surface area contributed by atoms with E-state index in [1.54, 1.807) is 7.05 Å². The number of halogens is 1. The molecule has 1 amide bonds. The highest BCUT2D eigenvalue weighted by molar-refractivity contribution is 14.0. The molecule has 0 radical (unpaired) electrons. The minimum Gasteiger partial charge on any atom is -0.359 e. The predicted octanol–water partition coefficient (Wildman–Crippen LogP) is 1.07. The summed E-state index contributed by atoms with van der Waals surface area (Å²) in [5, 5.41) is 10.2. The van der Waals surface area contributed by atoms with Crippen LogP contribution in [0, 0.1) is 0 Å². The van der Waals surface area contributed by atoms with E-state index in [-0.39, 0.29) is 35.9 Å². The van der Waals surface area contributed by atoms with Crippen molar-refractivity contribution >= 4 is 35.8 Å². The van der Waals surface area contributed by atoms with Crippen LogP contribution in [0.4, 0.5) is 0 Å². The highest BCUT2D eigenvalue weighted by Crippen LogP contribution is 2.06. The Balaban J connectivity index is 0.00000338. The lowest BCUT2D eigenvalue weighted by Crippen LogP contribution is -2.54. The monoisotopic (exact) mass is 478 g/mol. The maximum absolute atomic E-state index is 11.9. The third-order valence-electron chi connectivity index (χ3n) is 4.09. The van der Waals surface area contributed by atoms with Crippen LogP contribution in [0.3, 0.4) is 0 Å². The van der Waals surface area contributed by atoms with Crippen LogP contribution >= 0.6 is 24.0 Å². The first-order chi connectivity index (χ1) is 12.0. The second-order valence-electron chi connectivity index (χ2n) is 6.52. The van der Waals surface area contributed by atoms with E-state index in [9.17, 15) is 4.79 Å². The Morgan fingerprint density at radius 3 is 2.58 bits per heavy atom. The molecule has 2 N–H and O–H groups in total. The summed E-state index contributed by atoms with van der Waals surface area (Å²) in [5.41, 5.74) is 0.958. The Labute approximate surface area is 172 Å². The van der Waals surface area contributed by atoms with E-state index in [0.717, 1.165) is 50.0 Å². The molecule has 0 unspecified atom stereocenters. The zero-order valence-corrected chi connectivity index (χ0v) is 18.4. The van der Waals surface area contributed by atoms with Crippen molar-refractivity contribution in [2.45, 2.75) is 39.8 Å². The van der Waals surface area contributed by atoms with Crippen LogP contribution in [0.5, 0.6) is 0 Å². The van der Waals surface area contributed by atoms with Gasteiger partial charge in [-0.3, -0.25) is 14.7 Å². The summed E-state index contributed by atoms with van der Waals surface area (Å²) in [7, 11) is 1.78. The molecule has 2 heterocycles. The average Bonchev–Trinajstić information content (AvgIpc) is 3.04. The zero-order chi connectivity index (χ0) is 18.2. The largest absolute Gasteiger partial charge is 0.359 e. The van der Waals surface area contributed by atoms with Crippen molar-refractivity contribution in [1.29, 1.82) is 0 Å². The van der Waals surface area contributed by atoms with Crippen molar-refractivity contribution in [3.05, 3.63) is 17.5 Å². The van der Waals surface area contributed by atoms with Crippen molar-refractivity contribution in [2.75, 3.05) is 39.8 Å². The fourth-order valence-corrected chi connectivity index (χ4v) is 2.79. The Morgan fingerprint density at radius 1 is 1.35 bits per heavy atom. The van der Waals surface area contributed by atoms with Gasteiger partial charge in [-0.25, -0.2) is 0 Å². The van der Waals surface area contributed by atoms with Crippen LogP contribution in [0.2, 0.25) is 0 Å². The highest BCUT2D eigenvalue weighted by atomic mass is 127. The number of carbonyl (C=O) groups excluding carboxylic acids is 1. The van der Waals surface area contributed by atoms with Gasteiger partial charge in [0.2, 0.25) is 5.91 Å². The number of guanidine groups is 1. The lowest BCUT2D eigenvalue weighted by molar-refractivity contribution is -0.123. The van der Waals surface area contributed by atoms with Crippen molar-refractivity contribution < 1.29 is 9.32 Å². The summed E-state index contributed by atoms with van der Waals surface area (Å²) < 4.78 is 5.29. The van der Waals surface area contributed by atoms with Gasteiger partial charge in [0.1, 0.15) is 0 Å². The third-order valence-corrected chi connectivity index (χ3v) is 4.09. The molecule has 26 heavy (non-hydrogen) atoms.